The summed E-state index contributed by atoms with van der Waals surface area (Å²) in [7, 11) is 3.32. The SMILES string of the molecule is COc1c(N(C)C)cc(C(O)CS(C)(=O)=O)cc1N(C)C(C)=O. The summed E-state index contributed by atoms with van der Waals surface area (Å²) >= 11 is 0. The molecule has 1 amide bonds. The van der Waals surface area contributed by atoms with Crippen LogP contribution in [0.4, 0.5) is 11.4 Å². The summed E-state index contributed by atoms with van der Waals surface area (Å²) in [6, 6.07) is 3.23. The molecule has 0 saturated carbocycles. The Kier molecular flexibility index (Phi) is 6.01. The Bertz CT molecular complexity index is 685. The molecule has 0 bridgehead atoms. The number of hydrogen-bond donors (Lipinski definition) is 1. The van der Waals surface area contributed by atoms with E-state index in [1.54, 1.807) is 38.2 Å². The molecule has 130 valence electrons. The van der Waals surface area contributed by atoms with Gasteiger partial charge < -0.3 is 19.6 Å². The number of methoxy groups -OCH3 is 1. The first kappa shape index (κ1) is 19.2. The van der Waals surface area contributed by atoms with E-state index in [4.69, 9.17) is 4.74 Å². The number of rotatable bonds is 6. The van der Waals surface area contributed by atoms with Crippen LogP contribution in [-0.2, 0) is 14.6 Å². The van der Waals surface area contributed by atoms with Crippen LogP contribution in [0.3, 0.4) is 0 Å². The minimum absolute atomic E-state index is 0.206. The maximum absolute atomic E-state index is 11.7. The van der Waals surface area contributed by atoms with Gasteiger partial charge in [-0.3, -0.25) is 4.79 Å². The summed E-state index contributed by atoms with van der Waals surface area (Å²) in [4.78, 5) is 14.9. The molecule has 1 aromatic carbocycles. The van der Waals surface area contributed by atoms with Crippen molar-refractivity contribution in [3.8, 4) is 5.75 Å². The van der Waals surface area contributed by atoms with Crippen molar-refractivity contribution in [1.82, 2.24) is 0 Å². The average Bonchev–Trinajstić information content (AvgIpc) is 2.42. The lowest BCUT2D eigenvalue weighted by Crippen LogP contribution is -2.25. The molecule has 1 N–H and O–H groups in total. The molecule has 0 aliphatic carbocycles. The highest BCUT2D eigenvalue weighted by Gasteiger charge is 2.22. The number of hydrogen-bond acceptors (Lipinski definition) is 6. The van der Waals surface area contributed by atoms with Gasteiger partial charge in [-0.1, -0.05) is 0 Å². The Morgan fingerprint density at radius 1 is 1.26 bits per heavy atom. The highest BCUT2D eigenvalue weighted by Crippen LogP contribution is 2.40. The second-order valence-electron chi connectivity index (χ2n) is 5.67. The van der Waals surface area contributed by atoms with E-state index in [9.17, 15) is 18.3 Å². The Morgan fingerprint density at radius 3 is 2.17 bits per heavy atom. The summed E-state index contributed by atoms with van der Waals surface area (Å²) in [6.07, 6.45) is -0.122. The topological polar surface area (TPSA) is 87.2 Å². The van der Waals surface area contributed by atoms with Gasteiger partial charge in [-0.25, -0.2) is 8.42 Å². The number of aliphatic hydroxyl groups excluding tert-OH is 1. The fourth-order valence-electron chi connectivity index (χ4n) is 2.16. The normalized spacial score (nSPS) is 12.7. The molecule has 0 spiro atoms. The number of amides is 1. The van der Waals surface area contributed by atoms with Gasteiger partial charge in [-0.15, -0.1) is 0 Å². The highest BCUT2D eigenvalue weighted by molar-refractivity contribution is 7.90. The number of carbonyl (C=O) groups excluding carboxylic acids is 1. The number of sulfone groups is 1. The van der Waals surface area contributed by atoms with Gasteiger partial charge in [0, 0.05) is 34.3 Å². The van der Waals surface area contributed by atoms with Gasteiger partial charge in [0.25, 0.3) is 0 Å². The van der Waals surface area contributed by atoms with Crippen LogP contribution in [0.25, 0.3) is 0 Å². The van der Waals surface area contributed by atoms with Gasteiger partial charge in [0.15, 0.2) is 5.75 Å². The van der Waals surface area contributed by atoms with Crippen LogP contribution in [-0.4, -0.2) is 59.7 Å². The van der Waals surface area contributed by atoms with Gasteiger partial charge in [0.1, 0.15) is 9.84 Å². The summed E-state index contributed by atoms with van der Waals surface area (Å²) < 4.78 is 28.3. The lowest BCUT2D eigenvalue weighted by atomic mass is 10.1. The van der Waals surface area contributed by atoms with Crippen LogP contribution in [0, 0.1) is 0 Å². The van der Waals surface area contributed by atoms with Crippen molar-refractivity contribution in [1.29, 1.82) is 0 Å². The van der Waals surface area contributed by atoms with Crippen LogP contribution >= 0.6 is 0 Å². The van der Waals surface area contributed by atoms with Gasteiger partial charge in [-0.05, 0) is 17.7 Å². The minimum Gasteiger partial charge on any atom is -0.492 e. The number of nitrogens with zero attached hydrogens (tertiary/aromatic N) is 2. The van der Waals surface area contributed by atoms with E-state index in [1.807, 2.05) is 0 Å². The third-order valence-electron chi connectivity index (χ3n) is 3.44. The molecule has 8 heteroatoms. The Hall–Kier alpha value is -1.80. The summed E-state index contributed by atoms with van der Waals surface area (Å²) in [5.41, 5.74) is 1.51. The van der Waals surface area contributed by atoms with E-state index in [1.165, 1.54) is 18.9 Å². The third-order valence-corrected chi connectivity index (χ3v) is 4.36. The Labute approximate surface area is 137 Å². The third kappa shape index (κ3) is 4.84. The lowest BCUT2D eigenvalue weighted by molar-refractivity contribution is -0.116. The molecule has 0 saturated heterocycles. The summed E-state index contributed by atoms with van der Waals surface area (Å²) in [5.74, 6) is -0.124. The predicted molar refractivity (Wildman–Crippen MR) is 91.1 cm³/mol. The van der Waals surface area contributed by atoms with Crippen LogP contribution < -0.4 is 14.5 Å². The zero-order valence-electron chi connectivity index (χ0n) is 14.3. The molecular formula is C15H24N2O5S. The van der Waals surface area contributed by atoms with Crippen molar-refractivity contribution in [3.05, 3.63) is 17.7 Å². The minimum atomic E-state index is -3.35. The van der Waals surface area contributed by atoms with Crippen LogP contribution in [0.1, 0.15) is 18.6 Å². The highest BCUT2D eigenvalue weighted by atomic mass is 32.2. The van der Waals surface area contributed by atoms with Crippen molar-refractivity contribution < 1.29 is 23.1 Å². The van der Waals surface area contributed by atoms with E-state index >= 15 is 0 Å². The van der Waals surface area contributed by atoms with Crippen molar-refractivity contribution in [2.45, 2.75) is 13.0 Å². The predicted octanol–water partition coefficient (Wildman–Crippen LogP) is 0.822. The number of ether oxygens (including phenoxy) is 1. The summed E-state index contributed by atoms with van der Waals surface area (Å²) in [6.45, 7) is 1.41. The van der Waals surface area contributed by atoms with Gasteiger partial charge in [0.2, 0.25) is 5.91 Å². The standard InChI is InChI=1S/C15H24N2O5S/c1-10(18)17(4)13-8-11(14(19)9-23(6,20)21)7-12(16(2)3)15(13)22-5/h7-8,14,19H,9H2,1-6H3. The summed E-state index contributed by atoms with van der Waals surface area (Å²) in [5, 5.41) is 10.2. The lowest BCUT2D eigenvalue weighted by Gasteiger charge is -2.26. The quantitative estimate of drug-likeness (QED) is 0.822. The van der Waals surface area contributed by atoms with Crippen molar-refractivity contribution in [3.63, 3.8) is 0 Å². The van der Waals surface area contributed by atoms with E-state index in [0.717, 1.165) is 6.26 Å². The molecule has 0 aliphatic heterocycles. The fourth-order valence-corrected chi connectivity index (χ4v) is 2.92. The zero-order valence-corrected chi connectivity index (χ0v) is 15.1. The zero-order chi connectivity index (χ0) is 17.9. The molecule has 1 atom stereocenters. The average molecular weight is 344 g/mol. The largest absolute Gasteiger partial charge is 0.492 e. The van der Waals surface area contributed by atoms with E-state index in [0.29, 0.717) is 22.7 Å². The van der Waals surface area contributed by atoms with Crippen LogP contribution in [0.5, 0.6) is 5.75 Å². The molecule has 1 aromatic rings. The number of anilines is 2. The first-order valence-electron chi connectivity index (χ1n) is 6.97. The second-order valence-corrected chi connectivity index (χ2v) is 7.86. The van der Waals surface area contributed by atoms with E-state index < -0.39 is 21.7 Å². The van der Waals surface area contributed by atoms with Crippen molar-refractivity contribution >= 4 is 27.1 Å². The number of aliphatic hydroxyl groups is 1. The van der Waals surface area contributed by atoms with Crippen molar-refractivity contribution in [2.24, 2.45) is 0 Å². The number of benzene rings is 1. The van der Waals surface area contributed by atoms with Gasteiger partial charge in [-0.2, -0.15) is 0 Å². The molecule has 0 fully saturated rings. The molecule has 1 unspecified atom stereocenters. The van der Waals surface area contributed by atoms with Gasteiger partial charge >= 0.3 is 0 Å². The molecule has 0 radical (unpaired) electrons. The monoisotopic (exact) mass is 344 g/mol. The maximum atomic E-state index is 11.7. The second kappa shape index (κ2) is 7.18. The molecule has 1 rings (SSSR count). The Morgan fingerprint density at radius 2 is 1.78 bits per heavy atom. The Balaban J connectivity index is 3.52. The molecule has 7 nitrogen and oxygen atoms in total. The number of carbonyl (C=O) groups is 1. The fraction of sp³-hybridized carbons (Fsp3) is 0.533. The van der Waals surface area contributed by atoms with Crippen molar-refractivity contribution in [2.75, 3.05) is 50.1 Å². The molecule has 23 heavy (non-hydrogen) atoms. The van der Waals surface area contributed by atoms with Crippen LogP contribution in [0.2, 0.25) is 0 Å². The maximum Gasteiger partial charge on any atom is 0.223 e. The first-order chi connectivity index (χ1) is 10.5. The smallest absolute Gasteiger partial charge is 0.223 e. The molecule has 0 heterocycles. The van der Waals surface area contributed by atoms with Crippen LogP contribution in [0.15, 0.2) is 12.1 Å². The molecule has 0 aliphatic rings. The first-order valence-corrected chi connectivity index (χ1v) is 9.03. The van der Waals surface area contributed by atoms with E-state index in [-0.39, 0.29) is 5.91 Å². The van der Waals surface area contributed by atoms with Gasteiger partial charge in [0.05, 0.1) is 30.3 Å². The molecule has 0 aromatic heterocycles. The van der Waals surface area contributed by atoms with E-state index in [2.05, 4.69) is 0 Å². The molecular weight excluding hydrogens is 320 g/mol.